The molecule has 0 N–H and O–H groups in total. The van der Waals surface area contributed by atoms with Crippen molar-refractivity contribution in [1.29, 1.82) is 0 Å². The first-order valence-corrected chi connectivity index (χ1v) is 11.2. The molecule has 3 nitrogen and oxygen atoms in total. The Labute approximate surface area is 148 Å². The van der Waals surface area contributed by atoms with Crippen molar-refractivity contribution in [3.63, 3.8) is 0 Å². The third-order valence-corrected chi connectivity index (χ3v) is 8.91. The molecule has 4 rings (SSSR count). The van der Waals surface area contributed by atoms with Crippen LogP contribution >= 0.6 is 23.5 Å². The Hall–Kier alpha value is -0.130. The number of hydrogen-bond acceptors (Lipinski definition) is 5. The molecular formula is C18H27NO2S2. The number of hydrogen-bond donors (Lipinski definition) is 0. The van der Waals surface area contributed by atoms with Crippen molar-refractivity contribution in [3.8, 4) is 0 Å². The number of carbonyl (C=O) groups is 1. The van der Waals surface area contributed by atoms with Crippen LogP contribution in [0.3, 0.4) is 0 Å². The second-order valence-corrected chi connectivity index (χ2v) is 10.1. The summed E-state index contributed by atoms with van der Waals surface area (Å²) in [5, 5.41) is 0. The summed E-state index contributed by atoms with van der Waals surface area (Å²) in [7, 11) is 0. The minimum Gasteiger partial charge on any atom is -0.429 e. The van der Waals surface area contributed by atoms with Gasteiger partial charge in [-0.3, -0.25) is 4.90 Å². The van der Waals surface area contributed by atoms with Crippen molar-refractivity contribution in [2.45, 2.75) is 67.9 Å². The Morgan fingerprint density at radius 3 is 2.39 bits per heavy atom. The number of piperidine rings is 1. The molecule has 1 atom stereocenters. The first-order chi connectivity index (χ1) is 11.3. The molecule has 1 spiro atoms. The lowest BCUT2D eigenvalue weighted by Crippen LogP contribution is -2.59. The highest BCUT2D eigenvalue weighted by Crippen LogP contribution is 2.54. The summed E-state index contributed by atoms with van der Waals surface area (Å²) in [6.07, 6.45) is 10.9. The molecule has 128 valence electrons. The highest BCUT2D eigenvalue weighted by molar-refractivity contribution is 8.20. The van der Waals surface area contributed by atoms with Gasteiger partial charge in [0.25, 0.3) is 0 Å². The fourth-order valence-electron chi connectivity index (χ4n) is 4.47. The van der Waals surface area contributed by atoms with Crippen molar-refractivity contribution < 1.29 is 9.53 Å². The van der Waals surface area contributed by atoms with Gasteiger partial charge in [-0.2, -0.15) is 0 Å². The van der Waals surface area contributed by atoms with E-state index in [2.05, 4.69) is 4.90 Å². The molecular weight excluding hydrogens is 326 g/mol. The number of rotatable bonds is 1. The summed E-state index contributed by atoms with van der Waals surface area (Å²) in [4.78, 5) is 15.7. The van der Waals surface area contributed by atoms with E-state index in [0.717, 1.165) is 43.2 Å². The first-order valence-electron chi connectivity index (χ1n) is 9.27. The van der Waals surface area contributed by atoms with Gasteiger partial charge in [0.1, 0.15) is 5.76 Å². The molecule has 5 heteroatoms. The molecule has 4 aliphatic rings. The average Bonchev–Trinajstić information content (AvgIpc) is 2.83. The van der Waals surface area contributed by atoms with Crippen LogP contribution in [0.4, 0.5) is 0 Å². The Kier molecular flexibility index (Phi) is 4.98. The van der Waals surface area contributed by atoms with Crippen LogP contribution in [0.2, 0.25) is 0 Å². The van der Waals surface area contributed by atoms with Crippen molar-refractivity contribution in [2.75, 3.05) is 24.6 Å². The zero-order chi connectivity index (χ0) is 15.7. The van der Waals surface area contributed by atoms with E-state index in [1.165, 1.54) is 50.5 Å². The number of carbonyl (C=O) groups excluding carboxylic acids is 1. The van der Waals surface area contributed by atoms with E-state index < -0.39 is 4.08 Å². The van der Waals surface area contributed by atoms with Gasteiger partial charge in [-0.15, -0.1) is 23.5 Å². The number of ether oxygens (including phenoxy) is 1. The molecule has 0 aromatic rings. The average molecular weight is 354 g/mol. The zero-order valence-corrected chi connectivity index (χ0v) is 15.5. The predicted octanol–water partition coefficient (Wildman–Crippen LogP) is 4.18. The van der Waals surface area contributed by atoms with Crippen LogP contribution in [0.1, 0.15) is 57.8 Å². The maximum atomic E-state index is 13.1. The Morgan fingerprint density at radius 2 is 1.61 bits per heavy atom. The lowest BCUT2D eigenvalue weighted by molar-refractivity contribution is -0.143. The fraction of sp³-hybridized carbons (Fsp3) is 0.833. The van der Waals surface area contributed by atoms with Gasteiger partial charge in [0.2, 0.25) is 0 Å². The SMILES string of the molecule is O=C1OC2=C(CCCCC2)C(N2CCCCC2)C12SCCCS2. The molecule has 0 aromatic heterocycles. The van der Waals surface area contributed by atoms with Gasteiger partial charge in [-0.25, -0.2) is 4.79 Å². The summed E-state index contributed by atoms with van der Waals surface area (Å²) in [6, 6.07) is 0.285. The van der Waals surface area contributed by atoms with E-state index in [1.54, 1.807) is 0 Å². The maximum Gasteiger partial charge on any atom is 0.339 e. The summed E-state index contributed by atoms with van der Waals surface area (Å²) in [6.45, 7) is 2.30. The standard InChI is InChI=1S/C18H27NO2S2/c20-17-18(22-12-7-13-23-18)16(19-10-5-2-6-11-19)14-8-3-1-4-9-15(14)21-17/h16H,1-13H2. The second kappa shape index (κ2) is 7.01. The van der Waals surface area contributed by atoms with Gasteiger partial charge < -0.3 is 4.74 Å². The van der Waals surface area contributed by atoms with Crippen LogP contribution in [0, 0.1) is 0 Å². The number of likely N-dealkylation sites (tertiary alicyclic amines) is 1. The second-order valence-electron chi connectivity index (χ2n) is 7.12. The van der Waals surface area contributed by atoms with Gasteiger partial charge in [-0.05, 0) is 68.7 Å². The normalized spacial score (nSPS) is 32.3. The first kappa shape index (κ1) is 16.3. The van der Waals surface area contributed by atoms with Gasteiger partial charge >= 0.3 is 5.97 Å². The highest BCUT2D eigenvalue weighted by Gasteiger charge is 2.56. The smallest absolute Gasteiger partial charge is 0.339 e. The summed E-state index contributed by atoms with van der Waals surface area (Å²) in [5.41, 5.74) is 1.48. The molecule has 3 heterocycles. The summed E-state index contributed by atoms with van der Waals surface area (Å²) in [5.74, 6) is 3.27. The lowest BCUT2D eigenvalue weighted by atomic mass is 9.92. The topological polar surface area (TPSA) is 29.5 Å². The van der Waals surface area contributed by atoms with E-state index in [-0.39, 0.29) is 12.0 Å². The van der Waals surface area contributed by atoms with Crippen LogP contribution in [0.15, 0.2) is 11.3 Å². The number of esters is 1. The molecule has 2 fully saturated rings. The van der Waals surface area contributed by atoms with Gasteiger partial charge in [0, 0.05) is 6.42 Å². The van der Waals surface area contributed by atoms with Gasteiger partial charge in [-0.1, -0.05) is 12.8 Å². The van der Waals surface area contributed by atoms with Crippen molar-refractivity contribution >= 4 is 29.5 Å². The Morgan fingerprint density at radius 1 is 0.913 bits per heavy atom. The fourth-order valence-corrected chi connectivity index (χ4v) is 7.89. The van der Waals surface area contributed by atoms with E-state index in [4.69, 9.17) is 4.74 Å². The molecule has 0 saturated carbocycles. The van der Waals surface area contributed by atoms with E-state index >= 15 is 0 Å². The van der Waals surface area contributed by atoms with Gasteiger partial charge in [0.05, 0.1) is 6.04 Å². The number of allylic oxidation sites excluding steroid dienone is 1. The minimum absolute atomic E-state index is 0.0448. The zero-order valence-electron chi connectivity index (χ0n) is 13.8. The van der Waals surface area contributed by atoms with Crippen LogP contribution in [0.5, 0.6) is 0 Å². The molecule has 2 saturated heterocycles. The third-order valence-electron chi connectivity index (χ3n) is 5.58. The molecule has 0 amide bonds. The largest absolute Gasteiger partial charge is 0.429 e. The quantitative estimate of drug-likeness (QED) is 0.660. The molecule has 1 unspecified atom stereocenters. The maximum absolute atomic E-state index is 13.1. The monoisotopic (exact) mass is 353 g/mol. The molecule has 0 radical (unpaired) electrons. The van der Waals surface area contributed by atoms with E-state index in [0.29, 0.717) is 0 Å². The molecule has 0 bridgehead atoms. The summed E-state index contributed by atoms with van der Waals surface area (Å²) < 4.78 is 5.57. The number of thioether (sulfide) groups is 2. The van der Waals surface area contributed by atoms with Crippen molar-refractivity contribution in [3.05, 3.63) is 11.3 Å². The van der Waals surface area contributed by atoms with Crippen LogP contribution in [-0.4, -0.2) is 45.6 Å². The third kappa shape index (κ3) is 2.98. The van der Waals surface area contributed by atoms with E-state index in [1.807, 2.05) is 23.5 Å². The minimum atomic E-state index is -0.390. The van der Waals surface area contributed by atoms with Crippen molar-refractivity contribution in [1.82, 2.24) is 4.90 Å². The molecule has 23 heavy (non-hydrogen) atoms. The molecule has 3 aliphatic heterocycles. The van der Waals surface area contributed by atoms with Crippen molar-refractivity contribution in [2.24, 2.45) is 0 Å². The predicted molar refractivity (Wildman–Crippen MR) is 97.7 cm³/mol. The van der Waals surface area contributed by atoms with Gasteiger partial charge in [0.15, 0.2) is 4.08 Å². The molecule has 1 aliphatic carbocycles. The van der Waals surface area contributed by atoms with Crippen LogP contribution in [-0.2, 0) is 9.53 Å². The van der Waals surface area contributed by atoms with Crippen LogP contribution < -0.4 is 0 Å². The highest BCUT2D eigenvalue weighted by atomic mass is 32.2. The molecule has 0 aromatic carbocycles. The number of nitrogens with zero attached hydrogens (tertiary/aromatic N) is 1. The lowest BCUT2D eigenvalue weighted by Gasteiger charge is -2.49. The summed E-state index contributed by atoms with van der Waals surface area (Å²) >= 11 is 3.74. The van der Waals surface area contributed by atoms with E-state index in [9.17, 15) is 4.79 Å². The van der Waals surface area contributed by atoms with Crippen LogP contribution in [0.25, 0.3) is 0 Å². The Balaban J connectivity index is 1.75. The Bertz CT molecular complexity index is 493.